The second-order valence-corrected chi connectivity index (χ2v) is 4.04. The maximum atomic E-state index is 5.12. The van der Waals surface area contributed by atoms with Crippen LogP contribution in [0.1, 0.15) is 11.7 Å². The Bertz CT molecular complexity index is 420. The van der Waals surface area contributed by atoms with Gasteiger partial charge in [0.2, 0.25) is 0 Å². The minimum atomic E-state index is 0.410. The first-order valence-corrected chi connectivity index (χ1v) is 5.25. The summed E-state index contributed by atoms with van der Waals surface area (Å²) < 4.78 is 5.12. The molecule has 14 heavy (non-hydrogen) atoms. The van der Waals surface area contributed by atoms with Crippen LogP contribution in [0.4, 0.5) is 0 Å². The topological polar surface area (TPSA) is 63.8 Å². The van der Waals surface area contributed by atoms with Crippen LogP contribution in [0.5, 0.6) is 0 Å². The van der Waals surface area contributed by atoms with Crippen molar-refractivity contribution in [2.45, 2.75) is 5.92 Å². The molecule has 1 fully saturated rings. The second kappa shape index (κ2) is 3.14. The third kappa shape index (κ3) is 1.23. The van der Waals surface area contributed by atoms with Gasteiger partial charge in [0.25, 0.3) is 5.89 Å². The Kier molecular flexibility index (Phi) is 1.81. The molecule has 1 aliphatic rings. The highest BCUT2D eigenvalue weighted by atomic mass is 32.1. The molecule has 5 nitrogen and oxygen atoms in total. The molecule has 2 aromatic heterocycles. The van der Waals surface area contributed by atoms with Crippen LogP contribution in [0.2, 0.25) is 0 Å². The van der Waals surface area contributed by atoms with Crippen LogP contribution in [0.25, 0.3) is 10.9 Å². The van der Waals surface area contributed by atoms with Gasteiger partial charge in [0.05, 0.1) is 0 Å². The van der Waals surface area contributed by atoms with Crippen LogP contribution < -0.4 is 5.32 Å². The maximum Gasteiger partial charge on any atom is 0.286 e. The zero-order valence-corrected chi connectivity index (χ0v) is 8.12. The van der Waals surface area contributed by atoms with E-state index in [4.69, 9.17) is 4.52 Å². The lowest BCUT2D eigenvalue weighted by molar-refractivity contribution is 0.382. The molecule has 0 unspecified atom stereocenters. The zero-order valence-electron chi connectivity index (χ0n) is 7.30. The average molecular weight is 208 g/mol. The van der Waals surface area contributed by atoms with Crippen molar-refractivity contribution in [3.05, 3.63) is 17.4 Å². The average Bonchev–Trinajstić information content (AvgIpc) is 2.65. The number of hydrogen-bond donors (Lipinski definition) is 1. The minimum absolute atomic E-state index is 0.410. The van der Waals surface area contributed by atoms with Crippen LogP contribution in [-0.4, -0.2) is 28.2 Å². The van der Waals surface area contributed by atoms with E-state index in [1.165, 1.54) is 11.3 Å². The van der Waals surface area contributed by atoms with Crippen LogP contribution in [0, 0.1) is 0 Å². The summed E-state index contributed by atoms with van der Waals surface area (Å²) in [5.74, 6) is 1.73. The van der Waals surface area contributed by atoms with E-state index in [1.807, 2.05) is 5.38 Å². The molecule has 6 heteroatoms. The van der Waals surface area contributed by atoms with Gasteiger partial charge in [-0.25, -0.2) is 4.98 Å². The fraction of sp³-hybridized carbons (Fsp3) is 0.375. The Morgan fingerprint density at radius 3 is 3.07 bits per heavy atom. The Hall–Kier alpha value is -1.27. The Morgan fingerprint density at radius 2 is 2.43 bits per heavy atom. The number of rotatable bonds is 2. The fourth-order valence-corrected chi connectivity index (χ4v) is 1.84. The third-order valence-electron chi connectivity index (χ3n) is 2.20. The van der Waals surface area contributed by atoms with Crippen LogP contribution in [0.3, 0.4) is 0 Å². The molecular formula is C8H8N4OS. The molecule has 0 spiro atoms. The van der Waals surface area contributed by atoms with Crippen molar-refractivity contribution < 1.29 is 4.52 Å². The summed E-state index contributed by atoms with van der Waals surface area (Å²) in [6.07, 6.45) is 1.73. The first kappa shape index (κ1) is 8.07. The van der Waals surface area contributed by atoms with Gasteiger partial charge in [-0.05, 0) is 0 Å². The first-order chi connectivity index (χ1) is 6.93. The predicted octanol–water partition coefficient (Wildman–Crippen LogP) is 0.880. The number of hydrogen-bond acceptors (Lipinski definition) is 6. The lowest BCUT2D eigenvalue weighted by atomic mass is 10.0. The molecule has 0 radical (unpaired) electrons. The van der Waals surface area contributed by atoms with Gasteiger partial charge in [0.1, 0.15) is 0 Å². The molecule has 0 aromatic carbocycles. The summed E-state index contributed by atoms with van der Waals surface area (Å²) in [5.41, 5.74) is 0. The molecule has 1 N–H and O–H groups in total. The maximum absolute atomic E-state index is 5.12. The summed E-state index contributed by atoms with van der Waals surface area (Å²) in [6, 6.07) is 0. The quantitative estimate of drug-likeness (QED) is 0.793. The van der Waals surface area contributed by atoms with Crippen LogP contribution >= 0.6 is 11.3 Å². The summed E-state index contributed by atoms with van der Waals surface area (Å²) >= 11 is 1.50. The van der Waals surface area contributed by atoms with Gasteiger partial charge in [-0.2, -0.15) is 4.98 Å². The van der Waals surface area contributed by atoms with Gasteiger partial charge in [-0.1, -0.05) is 5.16 Å². The van der Waals surface area contributed by atoms with Crippen molar-refractivity contribution in [2.75, 3.05) is 13.1 Å². The lowest BCUT2D eigenvalue weighted by Gasteiger charge is -2.23. The zero-order chi connectivity index (χ0) is 9.38. The van der Waals surface area contributed by atoms with E-state index in [2.05, 4.69) is 20.4 Å². The van der Waals surface area contributed by atoms with Crippen LogP contribution in [-0.2, 0) is 0 Å². The van der Waals surface area contributed by atoms with Crippen molar-refractivity contribution in [3.63, 3.8) is 0 Å². The van der Waals surface area contributed by atoms with Gasteiger partial charge in [0.15, 0.2) is 10.8 Å². The summed E-state index contributed by atoms with van der Waals surface area (Å²) in [5, 5.41) is 9.78. The van der Waals surface area contributed by atoms with Gasteiger partial charge in [-0.15, -0.1) is 11.3 Å². The molecule has 0 saturated carbocycles. The molecule has 1 saturated heterocycles. The predicted molar refractivity (Wildman–Crippen MR) is 51.0 cm³/mol. The monoisotopic (exact) mass is 208 g/mol. The highest BCUT2D eigenvalue weighted by molar-refractivity contribution is 7.12. The van der Waals surface area contributed by atoms with Gasteiger partial charge >= 0.3 is 0 Å². The molecule has 0 aliphatic carbocycles. The summed E-state index contributed by atoms with van der Waals surface area (Å²) in [7, 11) is 0. The number of nitrogens with zero attached hydrogens (tertiary/aromatic N) is 3. The van der Waals surface area contributed by atoms with E-state index in [0.717, 1.165) is 23.9 Å². The molecule has 3 rings (SSSR count). The third-order valence-corrected chi connectivity index (χ3v) is 2.96. The van der Waals surface area contributed by atoms with E-state index < -0.39 is 0 Å². The van der Waals surface area contributed by atoms with Crippen molar-refractivity contribution in [1.82, 2.24) is 20.4 Å². The second-order valence-electron chi connectivity index (χ2n) is 3.15. The Labute approximate surface area is 84.2 Å². The van der Waals surface area contributed by atoms with E-state index in [-0.39, 0.29) is 0 Å². The van der Waals surface area contributed by atoms with Gasteiger partial charge in [0, 0.05) is 30.6 Å². The van der Waals surface area contributed by atoms with Crippen molar-refractivity contribution in [3.8, 4) is 10.9 Å². The number of aromatic nitrogens is 3. The highest BCUT2D eigenvalue weighted by Crippen LogP contribution is 2.23. The largest absolute Gasteiger partial charge is 0.331 e. The highest BCUT2D eigenvalue weighted by Gasteiger charge is 2.24. The SMILES string of the molecule is c1csc(-c2nc(C3CNC3)no2)n1. The normalized spacial score (nSPS) is 16.9. The first-order valence-electron chi connectivity index (χ1n) is 4.37. The summed E-state index contributed by atoms with van der Waals surface area (Å²) in [4.78, 5) is 8.41. The smallest absolute Gasteiger partial charge is 0.286 e. The minimum Gasteiger partial charge on any atom is -0.331 e. The van der Waals surface area contributed by atoms with Gasteiger partial charge < -0.3 is 9.84 Å². The van der Waals surface area contributed by atoms with E-state index in [9.17, 15) is 0 Å². The summed E-state index contributed by atoms with van der Waals surface area (Å²) in [6.45, 7) is 1.88. The Morgan fingerprint density at radius 1 is 1.50 bits per heavy atom. The van der Waals surface area contributed by atoms with Crippen molar-refractivity contribution in [1.29, 1.82) is 0 Å². The lowest BCUT2D eigenvalue weighted by Crippen LogP contribution is -2.40. The Balaban J connectivity index is 1.90. The molecular weight excluding hydrogens is 200 g/mol. The standard InChI is InChI=1S/C8H8N4OS/c1-2-14-8(10-1)7-11-6(12-13-7)5-3-9-4-5/h1-2,5,9H,3-4H2. The number of thiazole rings is 1. The molecule has 3 heterocycles. The van der Waals surface area contributed by atoms with E-state index >= 15 is 0 Å². The van der Waals surface area contributed by atoms with Crippen LogP contribution in [0.15, 0.2) is 16.1 Å². The van der Waals surface area contributed by atoms with Crippen molar-refractivity contribution in [2.24, 2.45) is 0 Å². The molecule has 72 valence electrons. The molecule has 0 amide bonds. The molecule has 0 bridgehead atoms. The van der Waals surface area contributed by atoms with Crippen molar-refractivity contribution >= 4 is 11.3 Å². The molecule has 2 aromatic rings. The molecule has 0 atom stereocenters. The fourth-order valence-electron chi connectivity index (χ4n) is 1.29. The molecule has 1 aliphatic heterocycles. The van der Waals surface area contributed by atoms with E-state index in [0.29, 0.717) is 11.8 Å². The number of nitrogens with one attached hydrogen (secondary N) is 1. The van der Waals surface area contributed by atoms with E-state index in [1.54, 1.807) is 6.20 Å². The van der Waals surface area contributed by atoms with Gasteiger partial charge in [-0.3, -0.25) is 0 Å².